The Hall–Kier alpha value is -1.34. The Morgan fingerprint density at radius 3 is 2.40 bits per heavy atom. The summed E-state index contributed by atoms with van der Waals surface area (Å²) in [6, 6.07) is 4.88. The van der Waals surface area contributed by atoms with Crippen molar-refractivity contribution in [1.82, 2.24) is 5.32 Å². The first-order chi connectivity index (χ1) is 9.50. The van der Waals surface area contributed by atoms with Crippen LogP contribution in [0, 0.1) is 0 Å². The molecule has 6 nitrogen and oxygen atoms in total. The van der Waals surface area contributed by atoms with Gasteiger partial charge in [-0.2, -0.15) is 0 Å². The highest BCUT2D eigenvalue weighted by atomic mass is 35.5. The summed E-state index contributed by atoms with van der Waals surface area (Å²) in [6.07, 6.45) is -0.0501. The van der Waals surface area contributed by atoms with Crippen LogP contribution >= 0.6 is 11.6 Å². The fourth-order valence-corrected chi connectivity index (χ4v) is 1.86. The summed E-state index contributed by atoms with van der Waals surface area (Å²) >= 11 is 5.86. The van der Waals surface area contributed by atoms with Gasteiger partial charge in [-0.15, -0.1) is 0 Å². The largest absolute Gasteiger partial charge is 0.496 e. The van der Waals surface area contributed by atoms with Gasteiger partial charge >= 0.3 is 0 Å². The number of hydrogen-bond acceptors (Lipinski definition) is 5. The number of methoxy groups -OCH3 is 1. The Morgan fingerprint density at radius 1 is 1.30 bits per heavy atom. The second-order valence-corrected chi connectivity index (χ2v) is 4.87. The van der Waals surface area contributed by atoms with Crippen LogP contribution < -0.4 is 10.1 Å². The third-order valence-corrected chi connectivity index (χ3v) is 3.14. The molecule has 1 amide bonds. The molecule has 20 heavy (non-hydrogen) atoms. The minimum atomic E-state index is -1.44. The van der Waals surface area contributed by atoms with Crippen LogP contribution in [0.2, 0.25) is 5.02 Å². The van der Waals surface area contributed by atoms with E-state index in [0.717, 1.165) is 0 Å². The first kappa shape index (κ1) is 16.7. The van der Waals surface area contributed by atoms with Crippen molar-refractivity contribution in [1.29, 1.82) is 0 Å². The van der Waals surface area contributed by atoms with E-state index in [1.807, 2.05) is 0 Å². The lowest BCUT2D eigenvalue weighted by Crippen LogP contribution is -2.57. The highest BCUT2D eigenvalue weighted by Gasteiger charge is 2.30. The van der Waals surface area contributed by atoms with Gasteiger partial charge in [0, 0.05) is 10.6 Å². The number of rotatable bonds is 7. The summed E-state index contributed by atoms with van der Waals surface area (Å²) < 4.78 is 5.12. The number of nitrogens with one attached hydrogen (secondary N) is 1. The van der Waals surface area contributed by atoms with E-state index in [1.165, 1.54) is 7.11 Å². The Kier molecular flexibility index (Phi) is 6.22. The van der Waals surface area contributed by atoms with Crippen molar-refractivity contribution >= 4 is 17.5 Å². The van der Waals surface area contributed by atoms with Gasteiger partial charge in [-0.25, -0.2) is 0 Å². The summed E-state index contributed by atoms with van der Waals surface area (Å²) in [7, 11) is 1.48. The van der Waals surface area contributed by atoms with Crippen molar-refractivity contribution in [3.63, 3.8) is 0 Å². The van der Waals surface area contributed by atoms with Crippen LogP contribution in [0.5, 0.6) is 5.75 Å². The van der Waals surface area contributed by atoms with Crippen molar-refractivity contribution in [2.45, 2.75) is 12.0 Å². The van der Waals surface area contributed by atoms with Crippen LogP contribution in [-0.4, -0.2) is 53.7 Å². The lowest BCUT2D eigenvalue weighted by Gasteiger charge is -2.28. The van der Waals surface area contributed by atoms with Crippen molar-refractivity contribution < 1.29 is 24.9 Å². The Morgan fingerprint density at radius 2 is 1.90 bits per heavy atom. The van der Waals surface area contributed by atoms with Crippen LogP contribution in [0.1, 0.15) is 5.56 Å². The third-order valence-electron chi connectivity index (χ3n) is 2.91. The maximum atomic E-state index is 11.9. The molecule has 0 bridgehead atoms. The zero-order chi connectivity index (χ0) is 15.2. The van der Waals surface area contributed by atoms with Gasteiger partial charge in [-0.05, 0) is 18.2 Å². The normalized spacial score (nSPS) is 11.2. The monoisotopic (exact) mass is 303 g/mol. The second-order valence-electron chi connectivity index (χ2n) is 4.44. The molecular formula is C13H18ClNO5. The number of carbonyl (C=O) groups is 1. The predicted octanol–water partition coefficient (Wildman–Crippen LogP) is -0.277. The Bertz CT molecular complexity index is 454. The summed E-state index contributed by atoms with van der Waals surface area (Å²) in [5, 5.41) is 30.3. The highest BCUT2D eigenvalue weighted by Crippen LogP contribution is 2.23. The molecule has 0 fully saturated rings. The van der Waals surface area contributed by atoms with Crippen LogP contribution in [-0.2, 0) is 11.2 Å². The predicted molar refractivity (Wildman–Crippen MR) is 73.8 cm³/mol. The van der Waals surface area contributed by atoms with Gasteiger partial charge in [-0.3, -0.25) is 4.79 Å². The van der Waals surface area contributed by atoms with E-state index in [4.69, 9.17) is 31.7 Å². The summed E-state index contributed by atoms with van der Waals surface area (Å²) in [6.45, 7) is -1.71. The standard InChI is InChI=1S/C13H18ClNO5/c1-20-11-3-2-10(14)4-9(11)5-12(19)15-13(6-16,7-17)8-18/h2-4,16-18H,5-8H2,1H3,(H,15,19). The maximum Gasteiger partial charge on any atom is 0.225 e. The molecule has 7 heteroatoms. The topological polar surface area (TPSA) is 99.0 Å². The molecule has 0 saturated heterocycles. The van der Waals surface area contributed by atoms with E-state index in [0.29, 0.717) is 16.3 Å². The van der Waals surface area contributed by atoms with Crippen LogP contribution in [0.15, 0.2) is 18.2 Å². The minimum absolute atomic E-state index is 0.0501. The number of ether oxygens (including phenoxy) is 1. The molecule has 0 heterocycles. The Balaban J connectivity index is 2.83. The fraction of sp³-hybridized carbons (Fsp3) is 0.462. The van der Waals surface area contributed by atoms with Gasteiger partial charge in [-0.1, -0.05) is 11.6 Å². The third kappa shape index (κ3) is 4.08. The average molecular weight is 304 g/mol. The van der Waals surface area contributed by atoms with E-state index in [2.05, 4.69) is 5.32 Å². The van der Waals surface area contributed by atoms with Gasteiger partial charge in [0.2, 0.25) is 5.91 Å². The quantitative estimate of drug-likeness (QED) is 0.555. The van der Waals surface area contributed by atoms with E-state index >= 15 is 0 Å². The number of aliphatic hydroxyl groups excluding tert-OH is 3. The molecule has 1 aromatic carbocycles. The summed E-state index contributed by atoms with van der Waals surface area (Å²) in [5.41, 5.74) is -0.872. The smallest absolute Gasteiger partial charge is 0.225 e. The molecule has 1 rings (SSSR count). The molecule has 0 unspecified atom stereocenters. The molecule has 0 aromatic heterocycles. The molecule has 112 valence electrons. The van der Waals surface area contributed by atoms with Crippen LogP contribution in [0.4, 0.5) is 0 Å². The highest BCUT2D eigenvalue weighted by molar-refractivity contribution is 6.30. The van der Waals surface area contributed by atoms with Gasteiger partial charge in [0.1, 0.15) is 11.3 Å². The first-order valence-corrected chi connectivity index (χ1v) is 6.34. The van der Waals surface area contributed by atoms with E-state index in [9.17, 15) is 4.79 Å². The van der Waals surface area contributed by atoms with Crippen molar-refractivity contribution in [3.05, 3.63) is 28.8 Å². The minimum Gasteiger partial charge on any atom is -0.496 e. The zero-order valence-corrected chi connectivity index (χ0v) is 11.9. The van der Waals surface area contributed by atoms with Crippen LogP contribution in [0.3, 0.4) is 0 Å². The first-order valence-electron chi connectivity index (χ1n) is 5.96. The van der Waals surface area contributed by atoms with Gasteiger partial charge in [0.05, 0.1) is 33.4 Å². The van der Waals surface area contributed by atoms with Gasteiger partial charge in [0.15, 0.2) is 0 Å². The molecule has 0 aliphatic heterocycles. The summed E-state index contributed by atoms with van der Waals surface area (Å²) in [4.78, 5) is 11.9. The average Bonchev–Trinajstić information content (AvgIpc) is 2.45. The molecule has 0 aliphatic rings. The van der Waals surface area contributed by atoms with E-state index in [-0.39, 0.29) is 6.42 Å². The number of aliphatic hydroxyl groups is 3. The molecular weight excluding hydrogens is 286 g/mol. The van der Waals surface area contributed by atoms with Crippen molar-refractivity contribution in [2.75, 3.05) is 26.9 Å². The lowest BCUT2D eigenvalue weighted by molar-refractivity contribution is -0.124. The summed E-state index contributed by atoms with van der Waals surface area (Å²) in [5.74, 6) is 0.0369. The van der Waals surface area contributed by atoms with E-state index in [1.54, 1.807) is 18.2 Å². The fourth-order valence-electron chi connectivity index (χ4n) is 1.67. The second kappa shape index (κ2) is 7.44. The molecule has 0 atom stereocenters. The zero-order valence-electron chi connectivity index (χ0n) is 11.1. The maximum absolute atomic E-state index is 11.9. The van der Waals surface area contributed by atoms with Crippen LogP contribution in [0.25, 0.3) is 0 Å². The Labute approximate surface area is 121 Å². The molecule has 0 spiro atoms. The van der Waals surface area contributed by atoms with Crippen molar-refractivity contribution in [3.8, 4) is 5.75 Å². The molecule has 1 aromatic rings. The van der Waals surface area contributed by atoms with Gasteiger partial charge < -0.3 is 25.4 Å². The molecule has 0 saturated carbocycles. The number of carbonyl (C=O) groups excluding carboxylic acids is 1. The van der Waals surface area contributed by atoms with E-state index < -0.39 is 31.3 Å². The number of hydrogen-bond donors (Lipinski definition) is 4. The van der Waals surface area contributed by atoms with Crippen molar-refractivity contribution in [2.24, 2.45) is 0 Å². The lowest BCUT2D eigenvalue weighted by atomic mass is 10.0. The molecule has 0 radical (unpaired) electrons. The molecule has 4 N–H and O–H groups in total. The van der Waals surface area contributed by atoms with Gasteiger partial charge in [0.25, 0.3) is 0 Å². The SMILES string of the molecule is COc1ccc(Cl)cc1CC(=O)NC(CO)(CO)CO. The molecule has 0 aliphatic carbocycles. The number of amides is 1. The number of benzene rings is 1. The number of halogens is 1.